The number of carbonyl (C=O) groups is 1. The number of anilines is 1. The Bertz CT molecular complexity index is 437. The smallest absolute Gasteiger partial charge is 0.251 e. The third-order valence-corrected chi connectivity index (χ3v) is 3.72. The van der Waals surface area contributed by atoms with E-state index in [-0.39, 0.29) is 23.6 Å². The van der Waals surface area contributed by atoms with Crippen LogP contribution in [0.15, 0.2) is 18.2 Å². The molecule has 0 radical (unpaired) electrons. The average molecular weight is 268 g/mol. The first-order chi connectivity index (χ1) is 8.98. The van der Waals surface area contributed by atoms with E-state index in [0.717, 1.165) is 12.8 Å². The first kappa shape index (κ1) is 15.4. The van der Waals surface area contributed by atoms with Gasteiger partial charge in [0.2, 0.25) is 0 Å². The van der Waals surface area contributed by atoms with E-state index in [4.69, 9.17) is 5.73 Å². The van der Waals surface area contributed by atoms with Crippen LogP contribution in [0.1, 0.15) is 37.0 Å². The second kappa shape index (κ2) is 6.52. The van der Waals surface area contributed by atoms with Gasteiger partial charge in [-0.2, -0.15) is 0 Å². The normalized spacial score (nSPS) is 11.4. The number of hydrogen-bond donors (Lipinski definition) is 3. The lowest BCUT2D eigenvalue weighted by molar-refractivity contribution is 0.0851. The highest BCUT2D eigenvalue weighted by atomic mass is 19.1. The van der Waals surface area contributed by atoms with Crippen molar-refractivity contribution in [2.75, 3.05) is 18.9 Å². The number of benzene rings is 1. The summed E-state index contributed by atoms with van der Waals surface area (Å²) in [7, 11) is 0. The van der Waals surface area contributed by atoms with E-state index < -0.39 is 5.82 Å². The summed E-state index contributed by atoms with van der Waals surface area (Å²) in [5.74, 6) is -0.852. The summed E-state index contributed by atoms with van der Waals surface area (Å²) in [6.07, 6.45) is 1.54. The highest BCUT2D eigenvalue weighted by Crippen LogP contribution is 2.24. The third-order valence-electron chi connectivity index (χ3n) is 3.72. The van der Waals surface area contributed by atoms with Gasteiger partial charge in [0, 0.05) is 17.5 Å². The number of nitrogens with two attached hydrogens (primary N) is 1. The zero-order valence-electron chi connectivity index (χ0n) is 11.4. The summed E-state index contributed by atoms with van der Waals surface area (Å²) in [5, 5.41) is 12.2. The molecule has 0 saturated carbocycles. The Morgan fingerprint density at radius 3 is 2.53 bits per heavy atom. The van der Waals surface area contributed by atoms with Crippen molar-refractivity contribution in [1.82, 2.24) is 5.32 Å². The van der Waals surface area contributed by atoms with Crippen LogP contribution in [0.3, 0.4) is 0 Å². The van der Waals surface area contributed by atoms with E-state index in [9.17, 15) is 14.3 Å². The average Bonchev–Trinajstić information content (AvgIpc) is 2.43. The molecule has 0 aliphatic heterocycles. The van der Waals surface area contributed by atoms with E-state index in [1.807, 2.05) is 13.8 Å². The predicted octanol–water partition coefficient (Wildman–Crippen LogP) is 1.94. The molecule has 0 aromatic heterocycles. The van der Waals surface area contributed by atoms with Crippen molar-refractivity contribution < 1.29 is 14.3 Å². The van der Waals surface area contributed by atoms with Crippen LogP contribution < -0.4 is 11.1 Å². The zero-order valence-corrected chi connectivity index (χ0v) is 11.4. The Morgan fingerprint density at radius 1 is 1.42 bits per heavy atom. The summed E-state index contributed by atoms with van der Waals surface area (Å²) in [4.78, 5) is 11.9. The molecule has 5 heteroatoms. The van der Waals surface area contributed by atoms with Crippen molar-refractivity contribution in [3.05, 3.63) is 29.6 Å². The maximum atomic E-state index is 13.0. The summed E-state index contributed by atoms with van der Waals surface area (Å²) in [5.41, 5.74) is 5.39. The molecular weight excluding hydrogens is 247 g/mol. The summed E-state index contributed by atoms with van der Waals surface area (Å²) in [6.45, 7) is 4.35. The topological polar surface area (TPSA) is 75.3 Å². The Kier molecular flexibility index (Phi) is 5.30. The van der Waals surface area contributed by atoms with Crippen molar-refractivity contribution in [1.29, 1.82) is 0 Å². The van der Waals surface area contributed by atoms with Gasteiger partial charge in [-0.05, 0) is 31.0 Å². The van der Waals surface area contributed by atoms with Gasteiger partial charge in [0.05, 0.1) is 12.3 Å². The number of halogens is 1. The van der Waals surface area contributed by atoms with E-state index in [1.54, 1.807) is 0 Å². The van der Waals surface area contributed by atoms with Gasteiger partial charge in [-0.3, -0.25) is 4.79 Å². The van der Waals surface area contributed by atoms with Gasteiger partial charge in [0.15, 0.2) is 0 Å². The minimum Gasteiger partial charge on any atom is -0.396 e. The van der Waals surface area contributed by atoms with E-state index in [2.05, 4.69) is 5.32 Å². The second-order valence-electron chi connectivity index (χ2n) is 4.78. The van der Waals surface area contributed by atoms with Crippen LogP contribution in [0.2, 0.25) is 0 Å². The Labute approximate surface area is 112 Å². The van der Waals surface area contributed by atoms with E-state index in [0.29, 0.717) is 12.1 Å². The standard InChI is InChI=1S/C14H21FN2O2/c1-3-14(4-2,9-18)8-17-13(19)10-5-6-11(15)12(16)7-10/h5-7,18H,3-4,8-9,16H2,1-2H3,(H,17,19). The summed E-state index contributed by atoms with van der Waals surface area (Å²) < 4.78 is 13.0. The highest BCUT2D eigenvalue weighted by Gasteiger charge is 2.26. The Morgan fingerprint density at radius 2 is 2.05 bits per heavy atom. The monoisotopic (exact) mass is 268 g/mol. The van der Waals surface area contributed by atoms with Crippen LogP contribution in [0.25, 0.3) is 0 Å². The van der Waals surface area contributed by atoms with Crippen LogP contribution in [-0.2, 0) is 0 Å². The van der Waals surface area contributed by atoms with E-state index >= 15 is 0 Å². The predicted molar refractivity (Wildman–Crippen MR) is 73.2 cm³/mol. The fraction of sp³-hybridized carbons (Fsp3) is 0.500. The molecule has 19 heavy (non-hydrogen) atoms. The number of nitrogens with one attached hydrogen (secondary N) is 1. The number of nitrogen functional groups attached to an aromatic ring is 1. The Balaban J connectivity index is 2.72. The lowest BCUT2D eigenvalue weighted by Gasteiger charge is -2.29. The quantitative estimate of drug-likeness (QED) is 0.690. The molecule has 4 N–H and O–H groups in total. The molecule has 0 unspecified atom stereocenters. The fourth-order valence-corrected chi connectivity index (χ4v) is 1.83. The van der Waals surface area contributed by atoms with Gasteiger partial charge in [0.1, 0.15) is 5.82 Å². The number of aliphatic hydroxyl groups is 1. The lowest BCUT2D eigenvalue weighted by Crippen LogP contribution is -2.39. The van der Waals surface area contributed by atoms with Crippen LogP contribution >= 0.6 is 0 Å². The van der Waals surface area contributed by atoms with Crippen molar-refractivity contribution in [3.8, 4) is 0 Å². The molecule has 0 fully saturated rings. The number of amides is 1. The molecule has 0 aliphatic rings. The number of aliphatic hydroxyl groups excluding tert-OH is 1. The van der Waals surface area contributed by atoms with Gasteiger partial charge < -0.3 is 16.2 Å². The fourth-order valence-electron chi connectivity index (χ4n) is 1.83. The maximum Gasteiger partial charge on any atom is 0.251 e. The Hall–Kier alpha value is -1.62. The number of hydrogen-bond acceptors (Lipinski definition) is 3. The zero-order chi connectivity index (χ0) is 14.5. The summed E-state index contributed by atoms with van der Waals surface area (Å²) in [6, 6.07) is 3.87. The first-order valence-electron chi connectivity index (χ1n) is 6.42. The van der Waals surface area contributed by atoms with Crippen molar-refractivity contribution in [2.45, 2.75) is 26.7 Å². The molecule has 1 rings (SSSR count). The molecule has 0 spiro atoms. The highest BCUT2D eigenvalue weighted by molar-refractivity contribution is 5.95. The largest absolute Gasteiger partial charge is 0.396 e. The number of carbonyl (C=O) groups excluding carboxylic acids is 1. The van der Waals surface area contributed by atoms with Crippen molar-refractivity contribution >= 4 is 11.6 Å². The van der Waals surface area contributed by atoms with Crippen LogP contribution in [0, 0.1) is 11.2 Å². The van der Waals surface area contributed by atoms with Crippen LogP contribution in [0.5, 0.6) is 0 Å². The number of rotatable bonds is 6. The van der Waals surface area contributed by atoms with E-state index in [1.165, 1.54) is 18.2 Å². The molecule has 1 aromatic rings. The van der Waals surface area contributed by atoms with Gasteiger partial charge in [-0.1, -0.05) is 13.8 Å². The SMILES string of the molecule is CCC(CC)(CO)CNC(=O)c1ccc(F)c(N)c1. The summed E-state index contributed by atoms with van der Waals surface area (Å²) >= 11 is 0. The molecule has 0 saturated heterocycles. The molecule has 0 atom stereocenters. The molecule has 106 valence electrons. The second-order valence-corrected chi connectivity index (χ2v) is 4.78. The first-order valence-corrected chi connectivity index (χ1v) is 6.42. The van der Waals surface area contributed by atoms with Crippen molar-refractivity contribution in [3.63, 3.8) is 0 Å². The minimum atomic E-state index is -0.539. The molecule has 0 heterocycles. The molecule has 1 aromatic carbocycles. The molecule has 0 bridgehead atoms. The van der Waals surface area contributed by atoms with Gasteiger partial charge in [-0.25, -0.2) is 4.39 Å². The van der Waals surface area contributed by atoms with Crippen LogP contribution in [-0.4, -0.2) is 24.2 Å². The molecule has 4 nitrogen and oxygen atoms in total. The molecule has 1 amide bonds. The minimum absolute atomic E-state index is 0.0197. The molecule has 0 aliphatic carbocycles. The van der Waals surface area contributed by atoms with Crippen molar-refractivity contribution in [2.24, 2.45) is 5.41 Å². The van der Waals surface area contributed by atoms with Gasteiger partial charge in [-0.15, -0.1) is 0 Å². The lowest BCUT2D eigenvalue weighted by atomic mass is 9.83. The maximum absolute atomic E-state index is 13.0. The third kappa shape index (κ3) is 3.67. The van der Waals surface area contributed by atoms with Crippen LogP contribution in [0.4, 0.5) is 10.1 Å². The van der Waals surface area contributed by atoms with Gasteiger partial charge >= 0.3 is 0 Å². The van der Waals surface area contributed by atoms with Gasteiger partial charge in [0.25, 0.3) is 5.91 Å². The molecular formula is C14H21FN2O2.